The van der Waals surface area contributed by atoms with Crippen molar-refractivity contribution >= 4 is 35.6 Å². The lowest BCUT2D eigenvalue weighted by Gasteiger charge is -2.11. The summed E-state index contributed by atoms with van der Waals surface area (Å²) in [5, 5.41) is 7.24. The summed E-state index contributed by atoms with van der Waals surface area (Å²) in [5.41, 5.74) is 10.3. The molecular formula is C20H25IN6. The van der Waals surface area contributed by atoms with E-state index in [4.69, 9.17) is 5.73 Å². The molecule has 6 nitrogen and oxygen atoms in total. The van der Waals surface area contributed by atoms with Gasteiger partial charge in [0.05, 0.1) is 12.2 Å². The number of halogens is 1. The molecule has 27 heavy (non-hydrogen) atoms. The van der Waals surface area contributed by atoms with Crippen molar-refractivity contribution in [2.24, 2.45) is 10.7 Å². The Morgan fingerprint density at radius 1 is 1.15 bits per heavy atom. The quantitative estimate of drug-likeness (QED) is 0.316. The van der Waals surface area contributed by atoms with Crippen molar-refractivity contribution in [3.8, 4) is 5.69 Å². The number of nitrogens with two attached hydrogens (primary N) is 1. The van der Waals surface area contributed by atoms with Gasteiger partial charge in [-0.25, -0.2) is 14.7 Å². The van der Waals surface area contributed by atoms with Gasteiger partial charge in [0.15, 0.2) is 5.96 Å². The zero-order chi connectivity index (χ0) is 18.4. The van der Waals surface area contributed by atoms with Crippen LogP contribution >= 0.6 is 24.0 Å². The molecule has 0 amide bonds. The van der Waals surface area contributed by atoms with Crippen LogP contribution in [0.5, 0.6) is 0 Å². The number of rotatable bonds is 6. The van der Waals surface area contributed by atoms with E-state index in [1.54, 1.807) is 11.0 Å². The molecule has 142 valence electrons. The van der Waals surface area contributed by atoms with E-state index in [0.717, 1.165) is 23.4 Å². The molecule has 0 aliphatic carbocycles. The molecule has 3 rings (SSSR count). The third kappa shape index (κ3) is 5.78. The van der Waals surface area contributed by atoms with Gasteiger partial charge in [-0.3, -0.25) is 0 Å². The largest absolute Gasteiger partial charge is 0.370 e. The van der Waals surface area contributed by atoms with Crippen LogP contribution in [0.4, 0.5) is 5.69 Å². The van der Waals surface area contributed by atoms with Crippen LogP contribution in [0.2, 0.25) is 0 Å². The van der Waals surface area contributed by atoms with Gasteiger partial charge >= 0.3 is 0 Å². The van der Waals surface area contributed by atoms with Crippen LogP contribution < -0.4 is 11.1 Å². The van der Waals surface area contributed by atoms with Gasteiger partial charge in [-0.1, -0.05) is 38.1 Å². The van der Waals surface area contributed by atoms with E-state index in [1.807, 2.05) is 36.4 Å². The number of hydrogen-bond donors (Lipinski definition) is 2. The first-order valence-corrected chi connectivity index (χ1v) is 8.76. The fourth-order valence-electron chi connectivity index (χ4n) is 2.59. The van der Waals surface area contributed by atoms with Crippen LogP contribution in [0.1, 0.15) is 37.3 Å². The Labute approximate surface area is 176 Å². The standard InChI is InChI=1S/C20H24N6.HI/c1-3-15(2)17-6-8-18(9-7-17)25-20(21)23-12-16-4-10-19(11-5-16)26-14-22-13-24-26;/h4-11,13-15H,3,12H2,1-2H3,(H3,21,23,25);1H. The zero-order valence-corrected chi connectivity index (χ0v) is 17.9. The Kier molecular flexibility index (Phi) is 7.78. The van der Waals surface area contributed by atoms with E-state index in [2.05, 4.69) is 46.4 Å². The topological polar surface area (TPSA) is 81.1 Å². The van der Waals surface area contributed by atoms with Crippen molar-refractivity contribution < 1.29 is 0 Å². The zero-order valence-electron chi connectivity index (χ0n) is 15.5. The SMILES string of the molecule is CCC(C)c1ccc(NC(N)=NCc2ccc(-n3cncn3)cc2)cc1.I. The maximum absolute atomic E-state index is 6.00. The van der Waals surface area contributed by atoms with Crippen LogP contribution in [0.25, 0.3) is 5.69 Å². The maximum Gasteiger partial charge on any atom is 0.193 e. The number of guanidine groups is 1. The highest BCUT2D eigenvalue weighted by molar-refractivity contribution is 14.0. The molecular weight excluding hydrogens is 451 g/mol. The highest BCUT2D eigenvalue weighted by Gasteiger charge is 2.03. The molecule has 0 aliphatic heterocycles. The van der Waals surface area contributed by atoms with Gasteiger partial charge in [-0.2, -0.15) is 5.10 Å². The molecule has 1 heterocycles. The highest BCUT2D eigenvalue weighted by Crippen LogP contribution is 2.20. The molecule has 7 heteroatoms. The van der Waals surface area contributed by atoms with Crippen molar-refractivity contribution in [1.82, 2.24) is 14.8 Å². The number of aliphatic imine (C=N–C) groups is 1. The average Bonchev–Trinajstić information content (AvgIpc) is 3.21. The lowest BCUT2D eigenvalue weighted by atomic mass is 9.99. The van der Waals surface area contributed by atoms with E-state index in [9.17, 15) is 0 Å². The normalized spacial score (nSPS) is 12.3. The highest BCUT2D eigenvalue weighted by atomic mass is 127. The van der Waals surface area contributed by atoms with Gasteiger partial charge in [-0.05, 0) is 47.7 Å². The molecule has 1 unspecified atom stereocenters. The number of hydrogen-bond acceptors (Lipinski definition) is 3. The number of aromatic nitrogens is 3. The van der Waals surface area contributed by atoms with Gasteiger partial charge < -0.3 is 11.1 Å². The van der Waals surface area contributed by atoms with Crippen LogP contribution in [0.15, 0.2) is 66.2 Å². The lowest BCUT2D eigenvalue weighted by molar-refractivity contribution is 0.734. The van der Waals surface area contributed by atoms with E-state index in [0.29, 0.717) is 18.4 Å². The monoisotopic (exact) mass is 476 g/mol. The van der Waals surface area contributed by atoms with Crippen LogP contribution in [0.3, 0.4) is 0 Å². The minimum atomic E-state index is 0. The molecule has 0 saturated carbocycles. The summed E-state index contributed by atoms with van der Waals surface area (Å²) in [6.45, 7) is 4.94. The van der Waals surface area contributed by atoms with Crippen LogP contribution in [0, 0.1) is 0 Å². The summed E-state index contributed by atoms with van der Waals surface area (Å²) >= 11 is 0. The molecule has 0 aliphatic rings. The molecule has 0 radical (unpaired) electrons. The van der Waals surface area contributed by atoms with Crippen LogP contribution in [-0.4, -0.2) is 20.7 Å². The van der Waals surface area contributed by atoms with Gasteiger partial charge in [0.25, 0.3) is 0 Å². The molecule has 1 aromatic heterocycles. The van der Waals surface area contributed by atoms with Crippen molar-refractivity contribution in [3.63, 3.8) is 0 Å². The number of anilines is 1. The van der Waals surface area contributed by atoms with Crippen molar-refractivity contribution in [3.05, 3.63) is 72.3 Å². The summed E-state index contributed by atoms with van der Waals surface area (Å²) in [6.07, 6.45) is 4.31. The lowest BCUT2D eigenvalue weighted by Crippen LogP contribution is -2.22. The molecule has 2 aromatic carbocycles. The summed E-state index contributed by atoms with van der Waals surface area (Å²) in [6, 6.07) is 16.3. The second kappa shape index (κ2) is 10.1. The second-order valence-electron chi connectivity index (χ2n) is 6.26. The van der Waals surface area contributed by atoms with Gasteiger partial charge in [0, 0.05) is 5.69 Å². The third-order valence-corrected chi connectivity index (χ3v) is 4.42. The predicted molar refractivity (Wildman–Crippen MR) is 121 cm³/mol. The Balaban J connectivity index is 0.00000261. The first-order valence-electron chi connectivity index (χ1n) is 8.76. The fourth-order valence-corrected chi connectivity index (χ4v) is 2.59. The van der Waals surface area contributed by atoms with Crippen molar-refractivity contribution in [1.29, 1.82) is 0 Å². The van der Waals surface area contributed by atoms with E-state index in [1.165, 1.54) is 11.9 Å². The number of nitrogens with one attached hydrogen (secondary N) is 1. The Morgan fingerprint density at radius 2 is 1.85 bits per heavy atom. The smallest absolute Gasteiger partial charge is 0.193 e. The molecule has 1 atom stereocenters. The fraction of sp³-hybridized carbons (Fsp3) is 0.250. The molecule has 0 bridgehead atoms. The molecule has 0 saturated heterocycles. The van der Waals surface area contributed by atoms with E-state index in [-0.39, 0.29) is 24.0 Å². The third-order valence-electron chi connectivity index (χ3n) is 4.42. The molecule has 3 aromatic rings. The Morgan fingerprint density at radius 3 is 2.44 bits per heavy atom. The Bertz CT molecular complexity index is 841. The maximum atomic E-state index is 6.00. The van der Waals surface area contributed by atoms with E-state index < -0.39 is 0 Å². The second-order valence-corrected chi connectivity index (χ2v) is 6.26. The molecule has 0 fully saturated rings. The van der Waals surface area contributed by atoms with Gasteiger partial charge in [0.2, 0.25) is 0 Å². The minimum Gasteiger partial charge on any atom is -0.370 e. The number of nitrogens with zero attached hydrogens (tertiary/aromatic N) is 4. The predicted octanol–water partition coefficient (Wildman–Crippen LogP) is 4.33. The minimum absolute atomic E-state index is 0. The first kappa shape index (κ1) is 20.9. The summed E-state index contributed by atoms with van der Waals surface area (Å²) in [4.78, 5) is 8.35. The summed E-state index contributed by atoms with van der Waals surface area (Å²) < 4.78 is 1.71. The van der Waals surface area contributed by atoms with E-state index >= 15 is 0 Å². The first-order chi connectivity index (χ1) is 12.7. The molecule has 0 spiro atoms. The van der Waals surface area contributed by atoms with Crippen LogP contribution in [-0.2, 0) is 6.54 Å². The summed E-state index contributed by atoms with van der Waals surface area (Å²) in [7, 11) is 0. The van der Waals surface area contributed by atoms with Crippen molar-refractivity contribution in [2.45, 2.75) is 32.7 Å². The Hall–Kier alpha value is -2.42. The van der Waals surface area contributed by atoms with Crippen molar-refractivity contribution in [2.75, 3.05) is 5.32 Å². The number of benzene rings is 2. The van der Waals surface area contributed by atoms with Gasteiger partial charge in [-0.15, -0.1) is 24.0 Å². The summed E-state index contributed by atoms with van der Waals surface area (Å²) in [5.74, 6) is 0.970. The molecule has 3 N–H and O–H groups in total. The average molecular weight is 476 g/mol. The van der Waals surface area contributed by atoms with Gasteiger partial charge in [0.1, 0.15) is 12.7 Å².